The third kappa shape index (κ3) is 4.88. The van der Waals surface area contributed by atoms with Crippen LogP contribution in [0, 0.1) is 0 Å². The molecule has 6 heteroatoms. The number of halogens is 1. The highest BCUT2D eigenvalue weighted by molar-refractivity contribution is 5.98. The lowest BCUT2D eigenvalue weighted by Gasteiger charge is -2.11. The molecule has 0 radical (unpaired) electrons. The maximum Gasteiger partial charge on any atom is 0.176 e. The molecule has 0 bridgehead atoms. The van der Waals surface area contributed by atoms with Crippen molar-refractivity contribution < 1.29 is 19.0 Å². The molecule has 1 saturated heterocycles. The lowest BCUT2D eigenvalue weighted by atomic mass is 10.1. The lowest BCUT2D eigenvalue weighted by molar-refractivity contribution is 0.0955. The maximum atomic E-state index is 12.1. The molecule has 1 unspecified atom stereocenters. The largest absolute Gasteiger partial charge is 0.493 e. The fraction of sp³-hybridized carbons (Fsp3) is 0.533. The van der Waals surface area contributed by atoms with Crippen LogP contribution in [0.2, 0.25) is 0 Å². The van der Waals surface area contributed by atoms with Crippen molar-refractivity contribution in [1.29, 1.82) is 0 Å². The predicted octanol–water partition coefficient (Wildman–Crippen LogP) is 2.08. The minimum Gasteiger partial charge on any atom is -0.493 e. The number of carbonyl (C=O) groups is 1. The van der Waals surface area contributed by atoms with Crippen molar-refractivity contribution in [2.45, 2.75) is 18.9 Å². The molecule has 2 rings (SSSR count). The number of carbonyl (C=O) groups excluding carboxylic acids is 1. The van der Waals surface area contributed by atoms with Crippen LogP contribution in [0.4, 0.5) is 0 Å². The van der Waals surface area contributed by atoms with E-state index < -0.39 is 0 Å². The Labute approximate surface area is 131 Å². The Kier molecular flexibility index (Phi) is 7.50. The molecule has 0 amide bonds. The summed E-state index contributed by atoms with van der Waals surface area (Å²) >= 11 is 0. The third-order valence-electron chi connectivity index (χ3n) is 3.39. The van der Waals surface area contributed by atoms with Crippen LogP contribution < -0.4 is 14.8 Å². The van der Waals surface area contributed by atoms with Gasteiger partial charge in [0, 0.05) is 18.7 Å². The monoisotopic (exact) mass is 315 g/mol. The number of rotatable bonds is 7. The minimum atomic E-state index is 0. The average molecular weight is 316 g/mol. The highest BCUT2D eigenvalue weighted by atomic mass is 35.5. The van der Waals surface area contributed by atoms with Gasteiger partial charge in [0.1, 0.15) is 0 Å². The van der Waals surface area contributed by atoms with Crippen LogP contribution in [0.1, 0.15) is 23.2 Å². The van der Waals surface area contributed by atoms with Crippen molar-refractivity contribution in [3.05, 3.63) is 23.8 Å². The zero-order valence-electron chi connectivity index (χ0n) is 12.4. The van der Waals surface area contributed by atoms with Crippen LogP contribution in [-0.2, 0) is 4.74 Å². The van der Waals surface area contributed by atoms with E-state index in [0.29, 0.717) is 23.6 Å². The zero-order valence-corrected chi connectivity index (χ0v) is 13.2. The molecule has 1 aromatic carbocycles. The Bertz CT molecular complexity index is 461. The second-order valence-corrected chi connectivity index (χ2v) is 4.76. The Morgan fingerprint density at radius 1 is 1.33 bits per heavy atom. The second kappa shape index (κ2) is 8.87. The van der Waals surface area contributed by atoms with Crippen LogP contribution >= 0.6 is 12.4 Å². The molecule has 118 valence electrons. The third-order valence-corrected chi connectivity index (χ3v) is 3.39. The molecule has 0 aliphatic carbocycles. The summed E-state index contributed by atoms with van der Waals surface area (Å²) in [6.45, 7) is 1.85. The van der Waals surface area contributed by atoms with Crippen molar-refractivity contribution in [3.8, 4) is 11.5 Å². The molecule has 1 fully saturated rings. The molecule has 1 aliphatic heterocycles. The number of methoxy groups -OCH3 is 2. The number of hydrogen-bond donors (Lipinski definition) is 1. The first kappa shape index (κ1) is 17.8. The van der Waals surface area contributed by atoms with Crippen LogP contribution in [0.15, 0.2) is 18.2 Å². The molecule has 0 saturated carbocycles. The molecular formula is C15H22ClNO4. The molecule has 1 aliphatic rings. The first-order valence-corrected chi connectivity index (χ1v) is 6.82. The van der Waals surface area contributed by atoms with Crippen LogP contribution in [0.25, 0.3) is 0 Å². The van der Waals surface area contributed by atoms with E-state index in [1.54, 1.807) is 32.4 Å². The van der Waals surface area contributed by atoms with E-state index in [4.69, 9.17) is 14.2 Å². The van der Waals surface area contributed by atoms with Crippen molar-refractivity contribution in [2.75, 3.05) is 33.9 Å². The van der Waals surface area contributed by atoms with Gasteiger partial charge >= 0.3 is 0 Å². The SMILES string of the molecule is COc1ccc(C(=O)CNCC2CCCO2)cc1OC.Cl. The molecule has 1 aromatic rings. The molecule has 1 heterocycles. The Hall–Kier alpha value is -1.30. The number of ether oxygens (including phenoxy) is 3. The van der Waals surface area contributed by atoms with Gasteiger partial charge in [0.15, 0.2) is 17.3 Å². The first-order valence-electron chi connectivity index (χ1n) is 6.82. The summed E-state index contributed by atoms with van der Waals surface area (Å²) < 4.78 is 15.8. The molecule has 0 aromatic heterocycles. The maximum absolute atomic E-state index is 12.1. The Morgan fingerprint density at radius 3 is 2.71 bits per heavy atom. The minimum absolute atomic E-state index is 0. The number of Topliss-reactive ketones (excluding diaryl/α,β-unsaturated/α-hetero) is 1. The van der Waals surface area contributed by atoms with Gasteiger partial charge in [-0.1, -0.05) is 0 Å². The number of nitrogens with one attached hydrogen (secondary N) is 1. The van der Waals surface area contributed by atoms with E-state index in [1.807, 2.05) is 0 Å². The predicted molar refractivity (Wildman–Crippen MR) is 83.0 cm³/mol. The molecule has 1 N–H and O–H groups in total. The summed E-state index contributed by atoms with van der Waals surface area (Å²) in [6.07, 6.45) is 2.42. The normalized spacial score (nSPS) is 17.1. The van der Waals surface area contributed by atoms with E-state index in [-0.39, 0.29) is 24.3 Å². The van der Waals surface area contributed by atoms with Crippen molar-refractivity contribution in [2.24, 2.45) is 0 Å². The quantitative estimate of drug-likeness (QED) is 0.781. The van der Waals surface area contributed by atoms with Gasteiger partial charge in [-0.2, -0.15) is 0 Å². The van der Waals surface area contributed by atoms with Gasteiger partial charge in [0.25, 0.3) is 0 Å². The summed E-state index contributed by atoms with van der Waals surface area (Å²) in [5, 5.41) is 3.15. The second-order valence-electron chi connectivity index (χ2n) is 4.76. The smallest absolute Gasteiger partial charge is 0.176 e. The summed E-state index contributed by atoms with van der Waals surface area (Å²) in [7, 11) is 3.13. The highest BCUT2D eigenvalue weighted by Crippen LogP contribution is 2.27. The first-order chi connectivity index (χ1) is 9.74. The molecule has 5 nitrogen and oxygen atoms in total. The van der Waals surface area contributed by atoms with Gasteiger partial charge in [-0.25, -0.2) is 0 Å². The van der Waals surface area contributed by atoms with Crippen molar-refractivity contribution >= 4 is 18.2 Å². The summed E-state index contributed by atoms with van der Waals surface area (Å²) in [5.41, 5.74) is 0.613. The highest BCUT2D eigenvalue weighted by Gasteiger charge is 2.16. The van der Waals surface area contributed by atoms with E-state index in [9.17, 15) is 4.79 Å². The number of benzene rings is 1. The fourth-order valence-electron chi connectivity index (χ4n) is 2.26. The number of hydrogen-bond acceptors (Lipinski definition) is 5. The summed E-state index contributed by atoms with van der Waals surface area (Å²) in [4.78, 5) is 12.1. The van der Waals surface area contributed by atoms with Crippen molar-refractivity contribution in [1.82, 2.24) is 5.32 Å². The van der Waals surface area contributed by atoms with Gasteiger partial charge in [0.05, 0.1) is 26.9 Å². The van der Waals surface area contributed by atoms with E-state index >= 15 is 0 Å². The lowest BCUT2D eigenvalue weighted by Crippen LogP contribution is -2.30. The van der Waals surface area contributed by atoms with Gasteiger partial charge in [-0.3, -0.25) is 4.79 Å². The van der Waals surface area contributed by atoms with Gasteiger partial charge in [0.2, 0.25) is 0 Å². The molecular weight excluding hydrogens is 294 g/mol. The van der Waals surface area contributed by atoms with Gasteiger partial charge in [-0.05, 0) is 31.0 Å². The van der Waals surface area contributed by atoms with E-state index in [2.05, 4.69) is 5.32 Å². The Morgan fingerprint density at radius 2 is 2.10 bits per heavy atom. The van der Waals surface area contributed by atoms with Crippen LogP contribution in [0.5, 0.6) is 11.5 Å². The zero-order chi connectivity index (χ0) is 14.4. The molecule has 21 heavy (non-hydrogen) atoms. The topological polar surface area (TPSA) is 56.8 Å². The fourth-order valence-corrected chi connectivity index (χ4v) is 2.26. The van der Waals surface area contributed by atoms with Gasteiger partial charge < -0.3 is 19.5 Å². The molecule has 0 spiro atoms. The Balaban J connectivity index is 0.00000220. The summed E-state index contributed by atoms with van der Waals surface area (Å²) in [5.74, 6) is 1.22. The summed E-state index contributed by atoms with van der Waals surface area (Å²) in [6, 6.07) is 5.19. The van der Waals surface area contributed by atoms with Crippen molar-refractivity contribution in [3.63, 3.8) is 0 Å². The van der Waals surface area contributed by atoms with E-state index in [1.165, 1.54) is 0 Å². The van der Waals surface area contributed by atoms with Gasteiger partial charge in [-0.15, -0.1) is 12.4 Å². The number of ketones is 1. The standard InChI is InChI=1S/C15H21NO4.ClH/c1-18-14-6-5-11(8-15(14)19-2)13(17)10-16-9-12-4-3-7-20-12;/h5-6,8,12,16H,3-4,7,9-10H2,1-2H3;1H. The van der Waals surface area contributed by atoms with Crippen LogP contribution in [-0.4, -0.2) is 45.8 Å². The van der Waals surface area contributed by atoms with Crippen LogP contribution in [0.3, 0.4) is 0 Å². The molecule has 1 atom stereocenters. The average Bonchev–Trinajstić information content (AvgIpc) is 2.99. The van der Waals surface area contributed by atoms with E-state index in [0.717, 1.165) is 26.0 Å².